The van der Waals surface area contributed by atoms with E-state index in [2.05, 4.69) is 15.4 Å². The number of hydrogen-bond donors (Lipinski definition) is 2. The van der Waals surface area contributed by atoms with Gasteiger partial charge in [-0.3, -0.25) is 9.67 Å². The molecule has 19 heavy (non-hydrogen) atoms. The molecule has 1 aromatic carbocycles. The molecule has 0 unspecified atom stereocenters. The van der Waals surface area contributed by atoms with Crippen LogP contribution in [-0.2, 0) is 13.6 Å². The van der Waals surface area contributed by atoms with E-state index in [-0.39, 0.29) is 0 Å². The number of nitrogens with one attached hydrogen (secondary N) is 2. The fourth-order valence-corrected chi connectivity index (χ4v) is 2.10. The molecule has 6 nitrogen and oxygen atoms in total. The minimum Gasteiger partial charge on any atom is -0.408 e. The van der Waals surface area contributed by atoms with Gasteiger partial charge in [0.05, 0.1) is 16.9 Å². The SMILES string of the molecule is CNCc1cc(-c2ccc3oc(=O)[nH]c3c2)nn1C. The van der Waals surface area contributed by atoms with E-state index in [1.165, 1.54) is 0 Å². The van der Waals surface area contributed by atoms with Gasteiger partial charge >= 0.3 is 5.76 Å². The Morgan fingerprint density at radius 1 is 1.42 bits per heavy atom. The van der Waals surface area contributed by atoms with Gasteiger partial charge in [-0.25, -0.2) is 4.79 Å². The molecule has 6 heteroatoms. The minimum atomic E-state index is -0.441. The Kier molecular flexibility index (Phi) is 2.72. The Morgan fingerprint density at radius 3 is 3.05 bits per heavy atom. The van der Waals surface area contributed by atoms with Crippen LogP contribution >= 0.6 is 0 Å². The van der Waals surface area contributed by atoms with Crippen LogP contribution in [0.3, 0.4) is 0 Å². The Hall–Kier alpha value is -2.34. The molecule has 3 aromatic rings. The van der Waals surface area contributed by atoms with Crippen molar-refractivity contribution in [1.82, 2.24) is 20.1 Å². The van der Waals surface area contributed by atoms with Crippen LogP contribution in [0.5, 0.6) is 0 Å². The summed E-state index contributed by atoms with van der Waals surface area (Å²) in [5.74, 6) is -0.441. The van der Waals surface area contributed by atoms with Gasteiger partial charge < -0.3 is 9.73 Å². The van der Waals surface area contributed by atoms with E-state index in [9.17, 15) is 4.79 Å². The van der Waals surface area contributed by atoms with Crippen molar-refractivity contribution < 1.29 is 4.42 Å². The maximum atomic E-state index is 11.1. The molecule has 2 aromatic heterocycles. The first-order valence-electron chi connectivity index (χ1n) is 5.98. The van der Waals surface area contributed by atoms with Gasteiger partial charge in [0.25, 0.3) is 0 Å². The molecule has 0 saturated heterocycles. The van der Waals surface area contributed by atoms with Crippen molar-refractivity contribution in [1.29, 1.82) is 0 Å². The van der Waals surface area contributed by atoms with E-state index in [1.807, 2.05) is 37.0 Å². The number of aryl methyl sites for hydroxylation is 1. The molecule has 0 fully saturated rings. The fourth-order valence-electron chi connectivity index (χ4n) is 2.10. The molecule has 0 amide bonds. The van der Waals surface area contributed by atoms with Crippen molar-refractivity contribution in [3.63, 3.8) is 0 Å². The lowest BCUT2D eigenvalue weighted by atomic mass is 10.1. The van der Waals surface area contributed by atoms with Crippen LogP contribution < -0.4 is 11.1 Å². The molecule has 0 saturated carbocycles. The van der Waals surface area contributed by atoms with Crippen molar-refractivity contribution in [2.75, 3.05) is 7.05 Å². The topological polar surface area (TPSA) is 75.8 Å². The second kappa shape index (κ2) is 4.40. The molecule has 98 valence electrons. The van der Waals surface area contributed by atoms with Crippen LogP contribution in [-0.4, -0.2) is 21.8 Å². The first-order valence-corrected chi connectivity index (χ1v) is 5.98. The van der Waals surface area contributed by atoms with Crippen molar-refractivity contribution in [2.45, 2.75) is 6.54 Å². The summed E-state index contributed by atoms with van der Waals surface area (Å²) in [6, 6.07) is 7.56. The molecule has 0 aliphatic heterocycles. The number of benzene rings is 1. The number of H-pyrrole nitrogens is 1. The summed E-state index contributed by atoms with van der Waals surface area (Å²) in [5.41, 5.74) is 4.15. The van der Waals surface area contributed by atoms with Crippen molar-refractivity contribution >= 4 is 11.1 Å². The third-order valence-corrected chi connectivity index (χ3v) is 3.05. The third-order valence-electron chi connectivity index (χ3n) is 3.05. The number of nitrogens with zero attached hydrogens (tertiary/aromatic N) is 2. The molecule has 0 atom stereocenters. The van der Waals surface area contributed by atoms with Gasteiger partial charge in [0.15, 0.2) is 5.58 Å². The number of hydrogen-bond acceptors (Lipinski definition) is 4. The van der Waals surface area contributed by atoms with Crippen LogP contribution in [0.25, 0.3) is 22.4 Å². The normalized spacial score (nSPS) is 11.3. The summed E-state index contributed by atoms with van der Waals surface area (Å²) < 4.78 is 6.82. The van der Waals surface area contributed by atoms with Crippen molar-refractivity contribution in [3.8, 4) is 11.3 Å². The molecule has 2 N–H and O–H groups in total. The maximum Gasteiger partial charge on any atom is 0.417 e. The second-order valence-corrected chi connectivity index (χ2v) is 4.40. The fraction of sp³-hybridized carbons (Fsp3) is 0.231. The predicted octanol–water partition coefficient (Wildman–Crippen LogP) is 1.24. The van der Waals surface area contributed by atoms with Gasteiger partial charge in [0, 0.05) is 19.2 Å². The standard InChI is InChI=1S/C13H14N4O2/c1-14-7-9-6-10(16-17(9)2)8-3-4-12-11(5-8)15-13(18)19-12/h3-6,14H,7H2,1-2H3,(H,15,18). The van der Waals surface area contributed by atoms with Gasteiger partial charge in [-0.1, -0.05) is 0 Å². The van der Waals surface area contributed by atoms with E-state index in [0.29, 0.717) is 11.1 Å². The molecule has 0 aliphatic carbocycles. The van der Waals surface area contributed by atoms with E-state index in [4.69, 9.17) is 4.42 Å². The Morgan fingerprint density at radius 2 is 2.26 bits per heavy atom. The number of aromatic amines is 1. The lowest BCUT2D eigenvalue weighted by molar-refractivity contribution is 0.555. The monoisotopic (exact) mass is 258 g/mol. The first kappa shape index (κ1) is 11.7. The average molecular weight is 258 g/mol. The largest absolute Gasteiger partial charge is 0.417 e. The highest BCUT2D eigenvalue weighted by atomic mass is 16.4. The number of rotatable bonds is 3. The quantitative estimate of drug-likeness (QED) is 0.741. The van der Waals surface area contributed by atoms with Crippen LogP contribution in [0.4, 0.5) is 0 Å². The van der Waals surface area contributed by atoms with E-state index in [0.717, 1.165) is 23.5 Å². The summed E-state index contributed by atoms with van der Waals surface area (Å²) in [4.78, 5) is 13.8. The summed E-state index contributed by atoms with van der Waals surface area (Å²) >= 11 is 0. The van der Waals surface area contributed by atoms with E-state index in [1.54, 1.807) is 6.07 Å². The van der Waals surface area contributed by atoms with E-state index >= 15 is 0 Å². The summed E-state index contributed by atoms with van der Waals surface area (Å²) in [6.45, 7) is 0.758. The third kappa shape index (κ3) is 2.06. The second-order valence-electron chi connectivity index (χ2n) is 4.40. The minimum absolute atomic E-state index is 0.441. The van der Waals surface area contributed by atoms with Crippen molar-refractivity contribution in [3.05, 3.63) is 40.5 Å². The number of fused-ring (bicyclic) bond motifs is 1. The Bertz CT molecular complexity index is 781. The van der Waals surface area contributed by atoms with Crippen molar-refractivity contribution in [2.24, 2.45) is 7.05 Å². The predicted molar refractivity (Wildman–Crippen MR) is 71.8 cm³/mol. The number of oxazole rings is 1. The molecule has 0 spiro atoms. The molecule has 3 rings (SSSR count). The molecule has 0 bridgehead atoms. The van der Waals surface area contributed by atoms with Crippen LogP contribution in [0.1, 0.15) is 5.69 Å². The molecule has 0 radical (unpaired) electrons. The highest BCUT2D eigenvalue weighted by molar-refractivity contribution is 5.79. The lowest BCUT2D eigenvalue weighted by Crippen LogP contribution is -2.09. The highest BCUT2D eigenvalue weighted by Crippen LogP contribution is 2.22. The molecular weight excluding hydrogens is 244 g/mol. The average Bonchev–Trinajstić information content (AvgIpc) is 2.91. The molecule has 2 heterocycles. The lowest BCUT2D eigenvalue weighted by Gasteiger charge is -1.97. The van der Waals surface area contributed by atoms with Gasteiger partial charge in [-0.2, -0.15) is 5.10 Å². The summed E-state index contributed by atoms with van der Waals surface area (Å²) in [7, 11) is 3.81. The Labute approximate surface area is 109 Å². The van der Waals surface area contributed by atoms with Gasteiger partial charge in [0.1, 0.15) is 0 Å². The smallest absolute Gasteiger partial charge is 0.408 e. The summed E-state index contributed by atoms with van der Waals surface area (Å²) in [6.07, 6.45) is 0. The Balaban J connectivity index is 2.07. The first-order chi connectivity index (χ1) is 9.17. The van der Waals surface area contributed by atoms with Gasteiger partial charge in [-0.05, 0) is 31.3 Å². The van der Waals surface area contributed by atoms with Crippen LogP contribution in [0.15, 0.2) is 33.5 Å². The molecule has 0 aliphatic rings. The van der Waals surface area contributed by atoms with Gasteiger partial charge in [0.2, 0.25) is 0 Å². The maximum absolute atomic E-state index is 11.1. The van der Waals surface area contributed by atoms with E-state index < -0.39 is 5.76 Å². The summed E-state index contributed by atoms with van der Waals surface area (Å²) in [5, 5.41) is 7.57. The highest BCUT2D eigenvalue weighted by Gasteiger charge is 2.09. The van der Waals surface area contributed by atoms with Crippen LogP contribution in [0.2, 0.25) is 0 Å². The zero-order valence-corrected chi connectivity index (χ0v) is 10.7. The number of aromatic nitrogens is 3. The van der Waals surface area contributed by atoms with Crippen LogP contribution in [0, 0.1) is 0 Å². The van der Waals surface area contributed by atoms with Gasteiger partial charge in [-0.15, -0.1) is 0 Å². The molecular formula is C13H14N4O2. The zero-order valence-electron chi connectivity index (χ0n) is 10.7. The zero-order chi connectivity index (χ0) is 13.4.